The molecule has 0 radical (unpaired) electrons. The lowest BCUT2D eigenvalue weighted by atomic mass is 9.97. The standard InChI is InChI=1S/C22H25N3O3/c26-21(16-7-6-14-25(15-16)22(27)23-17-12-13-17)24-19-10-4-5-11-20(19)28-18-8-2-1-3-9-18/h1-5,8-11,16-17H,6-7,12-15H2,(H,23,27)(H,24,26). The average molecular weight is 379 g/mol. The number of piperidine rings is 1. The van der Waals surface area contributed by atoms with Crippen LogP contribution in [-0.2, 0) is 4.79 Å². The summed E-state index contributed by atoms with van der Waals surface area (Å²) in [6.45, 7) is 1.15. The second-order valence-corrected chi connectivity index (χ2v) is 7.41. The van der Waals surface area contributed by atoms with Crippen molar-refractivity contribution in [3.8, 4) is 11.5 Å². The van der Waals surface area contributed by atoms with Gasteiger partial charge in [-0.25, -0.2) is 4.79 Å². The fraction of sp³-hybridized carbons (Fsp3) is 0.364. The Hall–Kier alpha value is -3.02. The number of para-hydroxylation sites is 3. The topological polar surface area (TPSA) is 70.7 Å². The number of likely N-dealkylation sites (tertiary alicyclic amines) is 1. The molecule has 6 heteroatoms. The Morgan fingerprint density at radius 2 is 1.71 bits per heavy atom. The quantitative estimate of drug-likeness (QED) is 0.825. The first kappa shape index (κ1) is 18.3. The van der Waals surface area contributed by atoms with Gasteiger partial charge in [-0.2, -0.15) is 0 Å². The summed E-state index contributed by atoms with van der Waals surface area (Å²) in [7, 11) is 0. The van der Waals surface area contributed by atoms with Crippen molar-refractivity contribution in [3.05, 3.63) is 54.6 Å². The van der Waals surface area contributed by atoms with Gasteiger partial charge in [0.1, 0.15) is 5.75 Å². The van der Waals surface area contributed by atoms with E-state index in [1.165, 1.54) is 0 Å². The van der Waals surface area contributed by atoms with Gasteiger partial charge in [-0.1, -0.05) is 30.3 Å². The van der Waals surface area contributed by atoms with E-state index < -0.39 is 0 Å². The summed E-state index contributed by atoms with van der Waals surface area (Å²) in [5.41, 5.74) is 0.635. The number of amides is 3. The third kappa shape index (κ3) is 4.63. The molecule has 4 rings (SSSR count). The molecule has 0 aromatic heterocycles. The first-order valence-electron chi connectivity index (χ1n) is 9.87. The lowest BCUT2D eigenvalue weighted by Crippen LogP contribution is -2.48. The highest BCUT2D eigenvalue weighted by Gasteiger charge is 2.31. The molecular formula is C22H25N3O3. The van der Waals surface area contributed by atoms with Gasteiger partial charge in [0.05, 0.1) is 11.6 Å². The SMILES string of the molecule is O=C(Nc1ccccc1Oc1ccccc1)C1CCCN(C(=O)NC2CC2)C1. The molecule has 28 heavy (non-hydrogen) atoms. The van der Waals surface area contributed by atoms with Crippen molar-refractivity contribution in [1.29, 1.82) is 0 Å². The van der Waals surface area contributed by atoms with Crippen LogP contribution >= 0.6 is 0 Å². The number of hydrogen-bond donors (Lipinski definition) is 2. The third-order valence-corrected chi connectivity index (χ3v) is 5.10. The van der Waals surface area contributed by atoms with Crippen LogP contribution in [0.4, 0.5) is 10.5 Å². The van der Waals surface area contributed by atoms with Crippen molar-refractivity contribution in [3.63, 3.8) is 0 Å². The summed E-state index contributed by atoms with van der Waals surface area (Å²) in [5, 5.41) is 6.00. The fourth-order valence-corrected chi connectivity index (χ4v) is 3.38. The van der Waals surface area contributed by atoms with Gasteiger partial charge < -0.3 is 20.3 Å². The van der Waals surface area contributed by atoms with Gasteiger partial charge in [-0.3, -0.25) is 4.79 Å². The minimum Gasteiger partial charge on any atom is -0.455 e. The van der Waals surface area contributed by atoms with Gasteiger partial charge in [0.25, 0.3) is 0 Å². The molecule has 2 aromatic rings. The Morgan fingerprint density at radius 3 is 2.50 bits per heavy atom. The number of carbonyl (C=O) groups excluding carboxylic acids is 2. The summed E-state index contributed by atoms with van der Waals surface area (Å²) in [6, 6.07) is 17.1. The molecular weight excluding hydrogens is 354 g/mol. The highest BCUT2D eigenvalue weighted by Crippen LogP contribution is 2.30. The van der Waals surface area contributed by atoms with E-state index in [-0.39, 0.29) is 17.9 Å². The first-order chi connectivity index (χ1) is 13.7. The van der Waals surface area contributed by atoms with E-state index in [4.69, 9.17) is 4.74 Å². The maximum Gasteiger partial charge on any atom is 0.317 e. The minimum atomic E-state index is -0.219. The second kappa shape index (κ2) is 8.33. The van der Waals surface area contributed by atoms with Crippen molar-refractivity contribution >= 4 is 17.6 Å². The molecule has 1 saturated carbocycles. The molecule has 1 heterocycles. The molecule has 1 atom stereocenters. The first-order valence-corrected chi connectivity index (χ1v) is 9.87. The number of anilines is 1. The number of carbonyl (C=O) groups is 2. The van der Waals surface area contributed by atoms with Crippen LogP contribution < -0.4 is 15.4 Å². The van der Waals surface area contributed by atoms with Crippen LogP contribution in [0.5, 0.6) is 11.5 Å². The normalized spacial score (nSPS) is 19.0. The zero-order chi connectivity index (χ0) is 19.3. The van der Waals surface area contributed by atoms with Gasteiger partial charge in [0.2, 0.25) is 5.91 Å². The molecule has 2 aliphatic rings. The summed E-state index contributed by atoms with van der Waals surface area (Å²) >= 11 is 0. The van der Waals surface area contributed by atoms with Crippen LogP contribution in [0.15, 0.2) is 54.6 Å². The summed E-state index contributed by atoms with van der Waals surface area (Å²) in [6.07, 6.45) is 3.72. The fourth-order valence-electron chi connectivity index (χ4n) is 3.38. The monoisotopic (exact) mass is 379 g/mol. The number of nitrogens with zero attached hydrogens (tertiary/aromatic N) is 1. The number of nitrogens with one attached hydrogen (secondary N) is 2. The van der Waals surface area contributed by atoms with Gasteiger partial charge in [-0.05, 0) is 49.9 Å². The molecule has 1 aliphatic carbocycles. The van der Waals surface area contributed by atoms with E-state index in [0.717, 1.165) is 25.7 Å². The Kier molecular flexibility index (Phi) is 5.46. The number of ether oxygens (including phenoxy) is 1. The average Bonchev–Trinajstić information content (AvgIpc) is 3.54. The molecule has 0 bridgehead atoms. The Morgan fingerprint density at radius 1 is 0.964 bits per heavy atom. The number of hydrogen-bond acceptors (Lipinski definition) is 3. The highest BCUT2D eigenvalue weighted by atomic mass is 16.5. The van der Waals surface area contributed by atoms with Gasteiger partial charge >= 0.3 is 6.03 Å². The molecule has 1 saturated heterocycles. The summed E-state index contributed by atoms with van der Waals surface area (Å²) in [5.74, 6) is 1.02. The van der Waals surface area contributed by atoms with Gasteiger partial charge in [-0.15, -0.1) is 0 Å². The van der Waals surface area contributed by atoms with E-state index in [0.29, 0.717) is 36.3 Å². The summed E-state index contributed by atoms with van der Waals surface area (Å²) < 4.78 is 5.92. The van der Waals surface area contributed by atoms with Crippen molar-refractivity contribution < 1.29 is 14.3 Å². The van der Waals surface area contributed by atoms with E-state index in [1.807, 2.05) is 54.6 Å². The van der Waals surface area contributed by atoms with Crippen LogP contribution in [-0.4, -0.2) is 36.0 Å². The van der Waals surface area contributed by atoms with Gasteiger partial charge in [0.15, 0.2) is 5.75 Å². The van der Waals surface area contributed by atoms with Crippen molar-refractivity contribution in [1.82, 2.24) is 10.2 Å². The maximum atomic E-state index is 12.8. The van der Waals surface area contributed by atoms with Crippen LogP contribution in [0.2, 0.25) is 0 Å². The van der Waals surface area contributed by atoms with Crippen LogP contribution in [0.1, 0.15) is 25.7 Å². The Balaban J connectivity index is 1.39. The van der Waals surface area contributed by atoms with Crippen molar-refractivity contribution in [2.75, 3.05) is 18.4 Å². The second-order valence-electron chi connectivity index (χ2n) is 7.41. The predicted molar refractivity (Wildman–Crippen MR) is 107 cm³/mol. The van der Waals surface area contributed by atoms with Gasteiger partial charge in [0, 0.05) is 19.1 Å². The number of urea groups is 1. The molecule has 0 spiro atoms. The lowest BCUT2D eigenvalue weighted by molar-refractivity contribution is -0.121. The highest BCUT2D eigenvalue weighted by molar-refractivity contribution is 5.94. The van der Waals surface area contributed by atoms with Crippen molar-refractivity contribution in [2.45, 2.75) is 31.7 Å². The Bertz CT molecular complexity index is 836. The van der Waals surface area contributed by atoms with E-state index >= 15 is 0 Å². The molecule has 1 aliphatic heterocycles. The molecule has 2 N–H and O–H groups in total. The van der Waals surface area contributed by atoms with E-state index in [1.54, 1.807) is 4.90 Å². The molecule has 3 amide bonds. The lowest BCUT2D eigenvalue weighted by Gasteiger charge is -2.32. The molecule has 1 unspecified atom stereocenters. The predicted octanol–water partition coefficient (Wildman–Crippen LogP) is 4.00. The van der Waals surface area contributed by atoms with Crippen LogP contribution in [0.25, 0.3) is 0 Å². The largest absolute Gasteiger partial charge is 0.455 e. The Labute approximate surface area is 164 Å². The molecule has 6 nitrogen and oxygen atoms in total. The zero-order valence-electron chi connectivity index (χ0n) is 15.8. The van der Waals surface area contributed by atoms with E-state index in [2.05, 4.69) is 10.6 Å². The molecule has 2 aromatic carbocycles. The number of benzene rings is 2. The third-order valence-electron chi connectivity index (χ3n) is 5.10. The van der Waals surface area contributed by atoms with Crippen LogP contribution in [0.3, 0.4) is 0 Å². The van der Waals surface area contributed by atoms with Crippen LogP contribution in [0, 0.1) is 5.92 Å². The molecule has 146 valence electrons. The smallest absolute Gasteiger partial charge is 0.317 e. The summed E-state index contributed by atoms with van der Waals surface area (Å²) in [4.78, 5) is 26.9. The van der Waals surface area contributed by atoms with Crippen molar-refractivity contribution in [2.24, 2.45) is 5.92 Å². The number of rotatable bonds is 5. The van der Waals surface area contributed by atoms with E-state index in [9.17, 15) is 9.59 Å². The maximum absolute atomic E-state index is 12.8. The minimum absolute atomic E-state index is 0.0483. The molecule has 2 fully saturated rings. The zero-order valence-corrected chi connectivity index (χ0v) is 15.8.